The van der Waals surface area contributed by atoms with E-state index in [9.17, 15) is 5.11 Å². The molecule has 0 amide bonds. The third-order valence-electron chi connectivity index (χ3n) is 1.70. The van der Waals surface area contributed by atoms with Crippen LogP contribution < -0.4 is 5.73 Å². The molecule has 72 valence electrons. The predicted octanol–water partition coefficient (Wildman–Crippen LogP) is -0.950. The maximum Gasteiger partial charge on any atom is 0.126 e. The zero-order valence-corrected chi connectivity index (χ0v) is 6.96. The topological polar surface area (TPSA) is 99.6 Å². The van der Waals surface area contributed by atoms with Crippen LogP contribution in [0.4, 0.5) is 5.69 Å². The van der Waals surface area contributed by atoms with Gasteiger partial charge in [-0.1, -0.05) is 0 Å². The van der Waals surface area contributed by atoms with Crippen molar-refractivity contribution in [2.45, 2.75) is 12.2 Å². The third kappa shape index (κ3) is 2.15. The molecule has 0 saturated heterocycles. The molecule has 1 rings (SSSR count). The van der Waals surface area contributed by atoms with E-state index >= 15 is 0 Å². The molecule has 0 spiro atoms. The van der Waals surface area contributed by atoms with E-state index in [1.54, 1.807) is 12.1 Å². The molecule has 5 heteroatoms. The molecule has 5 N–H and O–H groups in total. The summed E-state index contributed by atoms with van der Waals surface area (Å²) in [6.45, 7) is -0.531. The SMILES string of the molecule is Nc1cccnc1C(O)C(O)CO. The molecule has 1 aromatic rings. The largest absolute Gasteiger partial charge is 0.397 e. The standard InChI is InChI=1S/C8H12N2O3/c9-5-2-1-3-10-7(5)8(13)6(12)4-11/h1-3,6,8,11-13H,4,9H2. The highest BCUT2D eigenvalue weighted by Gasteiger charge is 2.20. The first-order valence-corrected chi connectivity index (χ1v) is 3.84. The van der Waals surface area contributed by atoms with Crippen LogP contribution in [-0.4, -0.2) is 33.0 Å². The molecule has 1 heterocycles. The molecule has 0 saturated carbocycles. The maximum atomic E-state index is 9.42. The van der Waals surface area contributed by atoms with E-state index in [-0.39, 0.29) is 5.69 Å². The van der Waals surface area contributed by atoms with Gasteiger partial charge in [0.1, 0.15) is 12.2 Å². The number of nitrogens with two attached hydrogens (primary N) is 1. The lowest BCUT2D eigenvalue weighted by Gasteiger charge is -2.15. The van der Waals surface area contributed by atoms with Crippen molar-refractivity contribution in [1.29, 1.82) is 0 Å². The molecule has 13 heavy (non-hydrogen) atoms. The van der Waals surface area contributed by atoms with Gasteiger partial charge in [-0.2, -0.15) is 0 Å². The number of rotatable bonds is 3. The Balaban J connectivity index is 2.88. The monoisotopic (exact) mass is 184 g/mol. The van der Waals surface area contributed by atoms with Gasteiger partial charge in [0.05, 0.1) is 18.0 Å². The van der Waals surface area contributed by atoms with E-state index in [4.69, 9.17) is 15.9 Å². The van der Waals surface area contributed by atoms with Gasteiger partial charge in [-0.25, -0.2) is 0 Å². The van der Waals surface area contributed by atoms with Gasteiger partial charge in [0.2, 0.25) is 0 Å². The fourth-order valence-electron chi connectivity index (χ4n) is 0.959. The van der Waals surface area contributed by atoms with Gasteiger partial charge in [-0.05, 0) is 12.1 Å². The molecule has 5 nitrogen and oxygen atoms in total. The highest BCUT2D eigenvalue weighted by Crippen LogP contribution is 2.19. The number of aliphatic hydroxyl groups excluding tert-OH is 3. The Morgan fingerprint density at radius 2 is 2.15 bits per heavy atom. The number of nitrogen functional groups attached to an aromatic ring is 1. The van der Waals surface area contributed by atoms with Crippen molar-refractivity contribution in [2.24, 2.45) is 0 Å². The highest BCUT2D eigenvalue weighted by atomic mass is 16.4. The molecule has 0 aromatic carbocycles. The summed E-state index contributed by atoms with van der Waals surface area (Å²) in [5.41, 5.74) is 5.98. The molecule has 0 aliphatic rings. The fraction of sp³-hybridized carbons (Fsp3) is 0.375. The highest BCUT2D eigenvalue weighted by molar-refractivity contribution is 5.43. The molecule has 0 aliphatic heterocycles. The smallest absolute Gasteiger partial charge is 0.126 e. The lowest BCUT2D eigenvalue weighted by atomic mass is 10.1. The molecule has 2 atom stereocenters. The van der Waals surface area contributed by atoms with Crippen LogP contribution in [0.1, 0.15) is 11.8 Å². The van der Waals surface area contributed by atoms with Crippen molar-refractivity contribution in [1.82, 2.24) is 4.98 Å². The summed E-state index contributed by atoms with van der Waals surface area (Å²) in [5.74, 6) is 0. The van der Waals surface area contributed by atoms with Crippen molar-refractivity contribution in [3.63, 3.8) is 0 Å². The van der Waals surface area contributed by atoms with Crippen molar-refractivity contribution in [3.8, 4) is 0 Å². The second kappa shape index (κ2) is 4.18. The Morgan fingerprint density at radius 1 is 1.46 bits per heavy atom. The van der Waals surface area contributed by atoms with Crippen LogP contribution >= 0.6 is 0 Å². The number of hydrogen-bond acceptors (Lipinski definition) is 5. The van der Waals surface area contributed by atoms with Gasteiger partial charge >= 0.3 is 0 Å². The quantitative estimate of drug-likeness (QED) is 0.485. The lowest BCUT2D eigenvalue weighted by molar-refractivity contribution is -0.0168. The van der Waals surface area contributed by atoms with E-state index in [1.165, 1.54) is 6.20 Å². The zero-order chi connectivity index (χ0) is 9.84. The molecule has 0 fully saturated rings. The first-order chi connectivity index (χ1) is 6.16. The van der Waals surface area contributed by atoms with Crippen LogP contribution in [0.3, 0.4) is 0 Å². The predicted molar refractivity (Wildman–Crippen MR) is 46.7 cm³/mol. The van der Waals surface area contributed by atoms with E-state index in [2.05, 4.69) is 4.98 Å². The first-order valence-electron chi connectivity index (χ1n) is 3.84. The van der Waals surface area contributed by atoms with E-state index in [0.717, 1.165) is 0 Å². The number of aromatic nitrogens is 1. The Morgan fingerprint density at radius 3 is 2.69 bits per heavy atom. The summed E-state index contributed by atoms with van der Waals surface area (Å²) >= 11 is 0. The fourth-order valence-corrected chi connectivity index (χ4v) is 0.959. The Labute approximate surface area is 75.5 Å². The van der Waals surface area contributed by atoms with E-state index < -0.39 is 18.8 Å². The molecule has 0 bridgehead atoms. The summed E-state index contributed by atoms with van der Waals surface area (Å²) in [4.78, 5) is 3.80. The first kappa shape index (κ1) is 9.91. The van der Waals surface area contributed by atoms with E-state index in [0.29, 0.717) is 5.69 Å². The average molecular weight is 184 g/mol. The Kier molecular flexibility index (Phi) is 3.18. The molecule has 1 aromatic heterocycles. The second-order valence-electron chi connectivity index (χ2n) is 2.67. The Hall–Kier alpha value is -1.17. The van der Waals surface area contributed by atoms with Gasteiger partial charge in [0, 0.05) is 6.20 Å². The Bertz CT molecular complexity index is 280. The van der Waals surface area contributed by atoms with E-state index in [1.807, 2.05) is 0 Å². The minimum Gasteiger partial charge on any atom is -0.397 e. The molecule has 0 aliphatic carbocycles. The summed E-state index contributed by atoms with van der Waals surface area (Å²) < 4.78 is 0. The zero-order valence-electron chi connectivity index (χ0n) is 6.96. The summed E-state index contributed by atoms with van der Waals surface area (Å²) in [6.07, 6.45) is -1.04. The van der Waals surface area contributed by atoms with Crippen molar-refractivity contribution >= 4 is 5.69 Å². The van der Waals surface area contributed by atoms with Gasteiger partial charge in [-0.15, -0.1) is 0 Å². The second-order valence-corrected chi connectivity index (χ2v) is 2.67. The van der Waals surface area contributed by atoms with Crippen molar-refractivity contribution in [3.05, 3.63) is 24.0 Å². The minimum atomic E-state index is -1.25. The number of nitrogens with zero attached hydrogens (tertiary/aromatic N) is 1. The summed E-state index contributed by atoms with van der Waals surface area (Å²) in [5, 5.41) is 27.1. The molecular weight excluding hydrogens is 172 g/mol. The summed E-state index contributed by atoms with van der Waals surface area (Å²) in [6, 6.07) is 3.19. The van der Waals surface area contributed by atoms with Gasteiger partial charge in [0.25, 0.3) is 0 Å². The van der Waals surface area contributed by atoms with Crippen LogP contribution in [0.15, 0.2) is 18.3 Å². The summed E-state index contributed by atoms with van der Waals surface area (Å²) in [7, 11) is 0. The average Bonchev–Trinajstić information content (AvgIpc) is 2.16. The van der Waals surface area contributed by atoms with Crippen LogP contribution in [-0.2, 0) is 0 Å². The number of anilines is 1. The number of hydrogen-bond donors (Lipinski definition) is 4. The lowest BCUT2D eigenvalue weighted by Crippen LogP contribution is -2.23. The minimum absolute atomic E-state index is 0.184. The van der Waals surface area contributed by atoms with Crippen molar-refractivity contribution in [2.75, 3.05) is 12.3 Å². The van der Waals surface area contributed by atoms with Gasteiger partial charge in [0.15, 0.2) is 0 Å². The molecular formula is C8H12N2O3. The van der Waals surface area contributed by atoms with Crippen LogP contribution in [0.2, 0.25) is 0 Å². The molecule has 2 unspecified atom stereocenters. The normalized spacial score (nSPS) is 15.3. The third-order valence-corrected chi connectivity index (χ3v) is 1.70. The van der Waals surface area contributed by atoms with Crippen molar-refractivity contribution < 1.29 is 15.3 Å². The van der Waals surface area contributed by atoms with Crippen LogP contribution in [0, 0.1) is 0 Å². The van der Waals surface area contributed by atoms with Gasteiger partial charge < -0.3 is 21.1 Å². The maximum absolute atomic E-state index is 9.42. The molecule has 0 radical (unpaired) electrons. The number of pyridine rings is 1. The van der Waals surface area contributed by atoms with Crippen LogP contribution in [0.5, 0.6) is 0 Å². The number of aliphatic hydroxyl groups is 3. The van der Waals surface area contributed by atoms with Crippen LogP contribution in [0.25, 0.3) is 0 Å². The van der Waals surface area contributed by atoms with Gasteiger partial charge in [-0.3, -0.25) is 4.98 Å².